The summed E-state index contributed by atoms with van der Waals surface area (Å²) in [6.45, 7) is 1.80. The highest BCUT2D eigenvalue weighted by Crippen LogP contribution is 2.13. The summed E-state index contributed by atoms with van der Waals surface area (Å²) in [7, 11) is 0. The van der Waals surface area contributed by atoms with E-state index in [0.29, 0.717) is 23.4 Å². The maximum atomic E-state index is 11.7. The molecule has 0 spiro atoms. The molecule has 0 saturated carbocycles. The predicted molar refractivity (Wildman–Crippen MR) is 63.9 cm³/mol. The van der Waals surface area contributed by atoms with Gasteiger partial charge in [0.1, 0.15) is 0 Å². The van der Waals surface area contributed by atoms with E-state index in [2.05, 4.69) is 5.32 Å². The molecule has 0 saturated heterocycles. The summed E-state index contributed by atoms with van der Waals surface area (Å²) in [5.41, 5.74) is 12.5. The first kappa shape index (κ1) is 12.3. The van der Waals surface area contributed by atoms with Crippen molar-refractivity contribution in [3.05, 3.63) is 23.8 Å². The van der Waals surface area contributed by atoms with Crippen LogP contribution in [0.1, 0.15) is 23.7 Å². The summed E-state index contributed by atoms with van der Waals surface area (Å²) in [6.07, 6.45) is 0.667. The molecule has 16 heavy (non-hydrogen) atoms. The standard InChI is InChI=1S/C11H17N3O2/c1-2-10(6-15)14-11(16)7-3-8(12)5-9(13)4-7/h3-5,10,15H,2,6,12-13H2,1H3,(H,14,16)/t10-/m0/s1. The minimum Gasteiger partial charge on any atom is -0.399 e. The van der Waals surface area contributed by atoms with Crippen LogP contribution in [0.25, 0.3) is 0 Å². The molecule has 0 radical (unpaired) electrons. The van der Waals surface area contributed by atoms with E-state index in [9.17, 15) is 4.79 Å². The van der Waals surface area contributed by atoms with E-state index in [1.165, 1.54) is 0 Å². The van der Waals surface area contributed by atoms with Crippen LogP contribution < -0.4 is 16.8 Å². The first-order valence-electron chi connectivity index (χ1n) is 5.14. The molecule has 0 aromatic heterocycles. The molecule has 5 heteroatoms. The van der Waals surface area contributed by atoms with Gasteiger partial charge in [-0.1, -0.05) is 6.92 Å². The predicted octanol–water partition coefficient (Wildman–Crippen LogP) is 0.352. The van der Waals surface area contributed by atoms with Crippen LogP contribution in [-0.4, -0.2) is 23.7 Å². The van der Waals surface area contributed by atoms with Gasteiger partial charge in [0.25, 0.3) is 5.91 Å². The van der Waals surface area contributed by atoms with Crippen molar-refractivity contribution in [3.63, 3.8) is 0 Å². The van der Waals surface area contributed by atoms with E-state index in [1.54, 1.807) is 18.2 Å². The average Bonchev–Trinajstić information content (AvgIpc) is 2.24. The second kappa shape index (κ2) is 5.37. The molecule has 1 aromatic carbocycles. The van der Waals surface area contributed by atoms with Crippen LogP contribution in [0.2, 0.25) is 0 Å². The number of hydrogen-bond donors (Lipinski definition) is 4. The summed E-state index contributed by atoms with van der Waals surface area (Å²) in [5.74, 6) is -0.278. The van der Waals surface area contributed by atoms with Crippen molar-refractivity contribution in [2.45, 2.75) is 19.4 Å². The number of nitrogens with two attached hydrogens (primary N) is 2. The van der Waals surface area contributed by atoms with Crippen LogP contribution in [0.4, 0.5) is 11.4 Å². The first-order valence-corrected chi connectivity index (χ1v) is 5.14. The average molecular weight is 223 g/mol. The fourth-order valence-corrected chi connectivity index (χ4v) is 1.35. The number of rotatable bonds is 4. The number of carbonyl (C=O) groups is 1. The number of nitrogens with one attached hydrogen (secondary N) is 1. The van der Waals surface area contributed by atoms with E-state index >= 15 is 0 Å². The van der Waals surface area contributed by atoms with E-state index in [4.69, 9.17) is 16.6 Å². The van der Waals surface area contributed by atoms with Gasteiger partial charge in [-0.25, -0.2) is 0 Å². The Morgan fingerprint density at radius 1 is 1.38 bits per heavy atom. The molecule has 1 rings (SSSR count). The molecular formula is C11H17N3O2. The number of aliphatic hydroxyl groups excluding tert-OH is 1. The van der Waals surface area contributed by atoms with Crippen LogP contribution in [0, 0.1) is 0 Å². The van der Waals surface area contributed by atoms with Crippen LogP contribution in [-0.2, 0) is 0 Å². The Balaban J connectivity index is 2.80. The van der Waals surface area contributed by atoms with Gasteiger partial charge in [-0.2, -0.15) is 0 Å². The Labute approximate surface area is 94.4 Å². The maximum absolute atomic E-state index is 11.7. The van der Waals surface area contributed by atoms with Crippen molar-refractivity contribution in [1.82, 2.24) is 5.32 Å². The highest BCUT2D eigenvalue weighted by atomic mass is 16.3. The molecule has 5 nitrogen and oxygen atoms in total. The van der Waals surface area contributed by atoms with E-state index in [0.717, 1.165) is 0 Å². The number of carbonyl (C=O) groups excluding carboxylic acids is 1. The lowest BCUT2D eigenvalue weighted by atomic mass is 10.1. The summed E-state index contributed by atoms with van der Waals surface area (Å²) >= 11 is 0. The molecule has 0 unspecified atom stereocenters. The zero-order valence-electron chi connectivity index (χ0n) is 9.23. The van der Waals surface area contributed by atoms with Crippen molar-refractivity contribution in [1.29, 1.82) is 0 Å². The lowest BCUT2D eigenvalue weighted by Crippen LogP contribution is -2.36. The van der Waals surface area contributed by atoms with Gasteiger partial charge in [0.05, 0.1) is 12.6 Å². The Bertz CT molecular complexity index is 355. The minimum absolute atomic E-state index is 0.0833. The number of benzene rings is 1. The largest absolute Gasteiger partial charge is 0.399 e. The van der Waals surface area contributed by atoms with Gasteiger partial charge >= 0.3 is 0 Å². The molecule has 0 bridgehead atoms. The van der Waals surface area contributed by atoms with Crippen LogP contribution in [0.15, 0.2) is 18.2 Å². The molecule has 0 aliphatic rings. The van der Waals surface area contributed by atoms with Crippen molar-refractivity contribution in [2.24, 2.45) is 0 Å². The molecule has 1 amide bonds. The van der Waals surface area contributed by atoms with Crippen molar-refractivity contribution < 1.29 is 9.90 Å². The van der Waals surface area contributed by atoms with Crippen LogP contribution >= 0.6 is 0 Å². The fraction of sp³-hybridized carbons (Fsp3) is 0.364. The van der Waals surface area contributed by atoms with Gasteiger partial charge in [-0.05, 0) is 24.6 Å². The summed E-state index contributed by atoms with van der Waals surface area (Å²) in [6, 6.07) is 4.45. The quantitative estimate of drug-likeness (QED) is 0.553. The summed E-state index contributed by atoms with van der Waals surface area (Å²) in [4.78, 5) is 11.7. The third kappa shape index (κ3) is 3.13. The van der Waals surface area contributed by atoms with E-state index < -0.39 is 0 Å². The molecular weight excluding hydrogens is 206 g/mol. The Morgan fingerprint density at radius 2 is 1.94 bits per heavy atom. The Morgan fingerprint density at radius 3 is 2.38 bits per heavy atom. The molecule has 88 valence electrons. The molecule has 0 fully saturated rings. The Hall–Kier alpha value is -1.75. The van der Waals surface area contributed by atoms with Crippen LogP contribution in [0.5, 0.6) is 0 Å². The van der Waals surface area contributed by atoms with Crippen molar-refractivity contribution in [2.75, 3.05) is 18.1 Å². The molecule has 6 N–H and O–H groups in total. The third-order valence-electron chi connectivity index (χ3n) is 2.29. The number of anilines is 2. The second-order valence-corrected chi connectivity index (χ2v) is 3.65. The molecule has 1 atom stereocenters. The monoisotopic (exact) mass is 223 g/mol. The number of hydrogen-bond acceptors (Lipinski definition) is 4. The third-order valence-corrected chi connectivity index (χ3v) is 2.29. The SMILES string of the molecule is CC[C@@H](CO)NC(=O)c1cc(N)cc(N)c1. The highest BCUT2D eigenvalue weighted by Gasteiger charge is 2.11. The highest BCUT2D eigenvalue weighted by molar-refractivity contribution is 5.96. The molecule has 0 heterocycles. The van der Waals surface area contributed by atoms with Gasteiger partial charge in [-0.3, -0.25) is 4.79 Å². The van der Waals surface area contributed by atoms with E-state index in [1.807, 2.05) is 6.92 Å². The fourth-order valence-electron chi connectivity index (χ4n) is 1.35. The maximum Gasteiger partial charge on any atom is 0.251 e. The lowest BCUT2D eigenvalue weighted by Gasteiger charge is -2.14. The van der Waals surface area contributed by atoms with E-state index in [-0.39, 0.29) is 18.6 Å². The smallest absolute Gasteiger partial charge is 0.251 e. The van der Waals surface area contributed by atoms with Crippen molar-refractivity contribution >= 4 is 17.3 Å². The zero-order chi connectivity index (χ0) is 12.1. The lowest BCUT2D eigenvalue weighted by molar-refractivity contribution is 0.0915. The van der Waals surface area contributed by atoms with Gasteiger partial charge < -0.3 is 21.9 Å². The van der Waals surface area contributed by atoms with Gasteiger partial charge in [0, 0.05) is 16.9 Å². The summed E-state index contributed by atoms with van der Waals surface area (Å²) in [5, 5.41) is 11.7. The van der Waals surface area contributed by atoms with Gasteiger partial charge in [0.2, 0.25) is 0 Å². The van der Waals surface area contributed by atoms with Gasteiger partial charge in [-0.15, -0.1) is 0 Å². The van der Waals surface area contributed by atoms with Crippen LogP contribution in [0.3, 0.4) is 0 Å². The number of aliphatic hydroxyl groups is 1. The normalized spacial score (nSPS) is 12.1. The molecule has 1 aromatic rings. The summed E-state index contributed by atoms with van der Waals surface area (Å²) < 4.78 is 0. The molecule has 0 aliphatic carbocycles. The minimum atomic E-state index is -0.278. The van der Waals surface area contributed by atoms with Crippen molar-refractivity contribution in [3.8, 4) is 0 Å². The molecule has 0 aliphatic heterocycles. The topological polar surface area (TPSA) is 101 Å². The number of amides is 1. The second-order valence-electron chi connectivity index (χ2n) is 3.65. The Kier molecular flexibility index (Phi) is 4.13. The number of nitrogen functional groups attached to an aromatic ring is 2. The zero-order valence-corrected chi connectivity index (χ0v) is 9.23. The van der Waals surface area contributed by atoms with Gasteiger partial charge in [0.15, 0.2) is 0 Å². The first-order chi connectivity index (χ1) is 7.56.